The van der Waals surface area contributed by atoms with Crippen molar-refractivity contribution in [2.75, 3.05) is 0 Å². The molecule has 8 rings (SSSR count). The molecule has 0 spiro atoms. The molecule has 0 N–H and O–H groups in total. The number of halogens is 1. The number of hydrogen-bond acceptors (Lipinski definition) is 4. The van der Waals surface area contributed by atoms with Gasteiger partial charge >= 0.3 is 0 Å². The number of benzene rings is 4. The fourth-order valence-electron chi connectivity index (χ4n) is 5.44. The van der Waals surface area contributed by atoms with Gasteiger partial charge < -0.3 is 8.98 Å². The Morgan fingerprint density at radius 3 is 2.23 bits per heavy atom. The highest BCUT2D eigenvalue weighted by Gasteiger charge is 2.20. The number of nitrogens with zero attached hydrogens (tertiary/aromatic N) is 4. The molecule has 4 aromatic carbocycles. The first kappa shape index (κ1) is 22.2. The minimum absolute atomic E-state index is 0.561. The van der Waals surface area contributed by atoms with Crippen molar-refractivity contribution in [2.24, 2.45) is 0 Å². The van der Waals surface area contributed by atoms with E-state index in [0.717, 1.165) is 49.0 Å². The van der Waals surface area contributed by atoms with Gasteiger partial charge in [0.25, 0.3) is 0 Å². The topological polar surface area (TPSA) is 56.7 Å². The zero-order chi connectivity index (χ0) is 25.9. The second-order valence-electron chi connectivity index (χ2n) is 9.46. The van der Waals surface area contributed by atoms with Crippen molar-refractivity contribution in [1.29, 1.82) is 0 Å². The highest BCUT2D eigenvalue weighted by atomic mass is 79.9. The molecule has 8 aromatic rings. The Morgan fingerprint density at radius 2 is 1.38 bits per heavy atom. The SMILES string of the molecule is Brc1ccc(-c2nc(-c3ccc4c(c3)c3ccccc3n4-c3ccccc3)c3c(n2)oc2ccccc23)cn1. The molecule has 0 aliphatic heterocycles. The van der Waals surface area contributed by atoms with E-state index in [4.69, 9.17) is 14.4 Å². The van der Waals surface area contributed by atoms with Crippen LogP contribution in [0.5, 0.6) is 0 Å². The summed E-state index contributed by atoms with van der Waals surface area (Å²) < 4.78 is 9.31. The molecule has 0 saturated heterocycles. The third kappa shape index (κ3) is 3.49. The van der Waals surface area contributed by atoms with Gasteiger partial charge in [-0.05, 0) is 64.5 Å². The molecule has 39 heavy (non-hydrogen) atoms. The minimum Gasteiger partial charge on any atom is -0.438 e. The van der Waals surface area contributed by atoms with E-state index in [-0.39, 0.29) is 0 Å². The fraction of sp³-hybridized carbons (Fsp3) is 0. The number of hydrogen-bond donors (Lipinski definition) is 0. The summed E-state index contributed by atoms with van der Waals surface area (Å²) in [6.45, 7) is 0. The van der Waals surface area contributed by atoms with Crippen LogP contribution in [0.1, 0.15) is 0 Å². The van der Waals surface area contributed by atoms with Crippen LogP contribution in [-0.4, -0.2) is 19.5 Å². The molecule has 0 atom stereocenters. The Morgan fingerprint density at radius 1 is 0.641 bits per heavy atom. The average molecular weight is 567 g/mol. The van der Waals surface area contributed by atoms with Crippen molar-refractivity contribution in [2.45, 2.75) is 0 Å². The molecular weight excluding hydrogens is 548 g/mol. The lowest BCUT2D eigenvalue weighted by Gasteiger charge is -2.09. The van der Waals surface area contributed by atoms with Crippen LogP contribution in [0.15, 0.2) is 124 Å². The molecule has 0 fully saturated rings. The van der Waals surface area contributed by atoms with E-state index in [9.17, 15) is 0 Å². The summed E-state index contributed by atoms with van der Waals surface area (Å²) in [5, 5.41) is 4.26. The van der Waals surface area contributed by atoms with Gasteiger partial charge in [0.15, 0.2) is 5.82 Å². The van der Waals surface area contributed by atoms with Gasteiger partial charge in [-0.25, -0.2) is 9.97 Å². The van der Waals surface area contributed by atoms with Gasteiger partial charge in [0.2, 0.25) is 5.71 Å². The maximum absolute atomic E-state index is 6.24. The summed E-state index contributed by atoms with van der Waals surface area (Å²) in [4.78, 5) is 14.3. The van der Waals surface area contributed by atoms with Crippen LogP contribution in [0.4, 0.5) is 0 Å². The van der Waals surface area contributed by atoms with Crippen LogP contribution in [0.2, 0.25) is 0 Å². The maximum Gasteiger partial charge on any atom is 0.231 e. The Kier molecular flexibility index (Phi) is 4.90. The number of pyridine rings is 1. The largest absolute Gasteiger partial charge is 0.438 e. The Hall–Kier alpha value is -4.81. The molecule has 6 heteroatoms. The molecule has 0 saturated carbocycles. The summed E-state index contributed by atoms with van der Waals surface area (Å²) in [6, 6.07) is 37.5. The monoisotopic (exact) mass is 566 g/mol. The molecule has 0 radical (unpaired) electrons. The Labute approximate surface area is 231 Å². The zero-order valence-electron chi connectivity index (χ0n) is 20.5. The first-order valence-electron chi connectivity index (χ1n) is 12.6. The van der Waals surface area contributed by atoms with Crippen LogP contribution in [-0.2, 0) is 0 Å². The summed E-state index contributed by atoms with van der Waals surface area (Å²) in [5.74, 6) is 0.573. The molecule has 4 aromatic heterocycles. The fourth-order valence-corrected chi connectivity index (χ4v) is 5.68. The zero-order valence-corrected chi connectivity index (χ0v) is 22.1. The van der Waals surface area contributed by atoms with Gasteiger partial charge in [-0.2, -0.15) is 4.98 Å². The van der Waals surface area contributed by atoms with Gasteiger partial charge in [-0.3, -0.25) is 0 Å². The predicted molar refractivity (Wildman–Crippen MR) is 160 cm³/mol. The smallest absolute Gasteiger partial charge is 0.231 e. The Bertz CT molecular complexity index is 2180. The van der Waals surface area contributed by atoms with Crippen LogP contribution in [0.25, 0.3) is 72.2 Å². The minimum atomic E-state index is 0.561. The van der Waals surface area contributed by atoms with Crippen LogP contribution in [0.3, 0.4) is 0 Å². The predicted octanol–water partition coefficient (Wildman–Crippen LogP) is 8.96. The summed E-state index contributed by atoms with van der Waals surface area (Å²) in [7, 11) is 0. The summed E-state index contributed by atoms with van der Waals surface area (Å²) >= 11 is 3.42. The number of para-hydroxylation sites is 3. The highest BCUT2D eigenvalue weighted by molar-refractivity contribution is 9.10. The molecule has 184 valence electrons. The van der Waals surface area contributed by atoms with Crippen molar-refractivity contribution in [3.63, 3.8) is 0 Å². The molecule has 0 amide bonds. The molecule has 5 nitrogen and oxygen atoms in total. The van der Waals surface area contributed by atoms with Gasteiger partial charge in [-0.15, -0.1) is 0 Å². The standard InChI is InChI=1S/C33H19BrN4O/c34-29-17-15-21(19-35-29)32-36-31(30-24-11-5-7-13-28(24)39-33(30)37-32)20-14-16-27-25(18-20)23-10-4-6-12-26(23)38(27)22-8-2-1-3-9-22/h1-19H. The first-order chi connectivity index (χ1) is 19.2. The second-order valence-corrected chi connectivity index (χ2v) is 10.3. The van der Waals surface area contributed by atoms with Crippen molar-refractivity contribution in [1.82, 2.24) is 19.5 Å². The van der Waals surface area contributed by atoms with E-state index >= 15 is 0 Å². The molecule has 0 aliphatic rings. The third-order valence-corrected chi connectivity index (χ3v) is 7.65. The van der Waals surface area contributed by atoms with Crippen molar-refractivity contribution >= 4 is 59.8 Å². The molecular formula is C33H19BrN4O. The van der Waals surface area contributed by atoms with Gasteiger partial charge in [0.05, 0.1) is 22.1 Å². The summed E-state index contributed by atoms with van der Waals surface area (Å²) in [5.41, 5.74) is 7.45. The number of rotatable bonds is 3. The molecule has 0 aliphatic carbocycles. The number of furan rings is 1. The van der Waals surface area contributed by atoms with Crippen molar-refractivity contribution < 1.29 is 4.42 Å². The number of fused-ring (bicyclic) bond motifs is 6. The van der Waals surface area contributed by atoms with E-state index in [1.54, 1.807) is 6.20 Å². The molecule has 0 unspecified atom stereocenters. The van der Waals surface area contributed by atoms with Crippen molar-refractivity contribution in [3.05, 3.63) is 120 Å². The van der Waals surface area contributed by atoms with E-state index in [1.807, 2.05) is 36.4 Å². The van der Waals surface area contributed by atoms with E-state index in [0.29, 0.717) is 11.5 Å². The lowest BCUT2D eigenvalue weighted by Crippen LogP contribution is -1.95. The molecule has 0 bridgehead atoms. The average Bonchev–Trinajstić information content (AvgIpc) is 3.53. The van der Waals surface area contributed by atoms with Crippen molar-refractivity contribution in [3.8, 4) is 28.3 Å². The lowest BCUT2D eigenvalue weighted by molar-refractivity contribution is 0.653. The maximum atomic E-state index is 6.24. The molecule has 4 heterocycles. The highest BCUT2D eigenvalue weighted by Crippen LogP contribution is 2.39. The van der Waals surface area contributed by atoms with Gasteiger partial charge in [-0.1, -0.05) is 60.7 Å². The van der Waals surface area contributed by atoms with Gasteiger partial charge in [0, 0.05) is 39.2 Å². The summed E-state index contributed by atoms with van der Waals surface area (Å²) in [6.07, 6.45) is 1.77. The van der Waals surface area contributed by atoms with E-state index in [1.165, 1.54) is 16.3 Å². The van der Waals surface area contributed by atoms with Crippen LogP contribution < -0.4 is 0 Å². The van der Waals surface area contributed by atoms with Crippen LogP contribution in [0, 0.1) is 0 Å². The number of aromatic nitrogens is 4. The third-order valence-electron chi connectivity index (χ3n) is 7.18. The van der Waals surface area contributed by atoms with Gasteiger partial charge in [0.1, 0.15) is 10.2 Å². The quantitative estimate of drug-likeness (QED) is 0.200. The normalized spacial score (nSPS) is 11.7. The van der Waals surface area contributed by atoms with E-state index < -0.39 is 0 Å². The Balaban J connectivity index is 1.44. The first-order valence-corrected chi connectivity index (χ1v) is 13.4. The second kappa shape index (κ2) is 8.61. The van der Waals surface area contributed by atoms with Crippen LogP contribution >= 0.6 is 15.9 Å². The lowest BCUT2D eigenvalue weighted by atomic mass is 10.0. The van der Waals surface area contributed by atoms with E-state index in [2.05, 4.69) is 98.3 Å².